The van der Waals surface area contributed by atoms with Crippen molar-refractivity contribution in [2.75, 3.05) is 24.6 Å². The fraction of sp³-hybridized carbons (Fsp3) is 0.235. The van der Waals surface area contributed by atoms with Gasteiger partial charge in [0, 0.05) is 35.3 Å². The molecule has 1 aliphatic rings. The minimum Gasteiger partial charge on any atom is -0.466 e. The van der Waals surface area contributed by atoms with Crippen LogP contribution in [0.4, 0.5) is 15.8 Å². The van der Waals surface area contributed by atoms with Crippen molar-refractivity contribution in [3.63, 3.8) is 0 Å². The number of ether oxygens (including phenoxy) is 1. The SMILES string of the molecule is CCOC(=O)CC1c2sc3nnc(-c4ccccc4)c(-c4ccccc4)c3c2N=C(N(CC)CC)N1c1ccc(F)cc1. The molecule has 0 amide bonds. The Morgan fingerprint density at radius 2 is 1.56 bits per heavy atom. The lowest BCUT2D eigenvalue weighted by Crippen LogP contribution is -2.48. The Hall–Kier alpha value is -4.63. The fourth-order valence-electron chi connectivity index (χ4n) is 5.61. The first-order chi connectivity index (χ1) is 21.0. The van der Waals surface area contributed by atoms with E-state index in [1.807, 2.05) is 53.4 Å². The Morgan fingerprint density at radius 3 is 2.19 bits per heavy atom. The molecule has 1 unspecified atom stereocenters. The maximum Gasteiger partial charge on any atom is 0.308 e. The summed E-state index contributed by atoms with van der Waals surface area (Å²) in [6.07, 6.45) is 0.0883. The third kappa shape index (κ3) is 5.36. The number of hydrogen-bond acceptors (Lipinski definition) is 8. The van der Waals surface area contributed by atoms with Crippen molar-refractivity contribution in [1.29, 1.82) is 0 Å². The van der Waals surface area contributed by atoms with E-state index >= 15 is 0 Å². The molecule has 3 heterocycles. The minimum atomic E-state index is -0.449. The molecule has 7 nitrogen and oxygen atoms in total. The van der Waals surface area contributed by atoms with E-state index in [0.717, 1.165) is 48.9 Å². The number of aromatic nitrogens is 2. The predicted octanol–water partition coefficient (Wildman–Crippen LogP) is 8.01. The van der Waals surface area contributed by atoms with Gasteiger partial charge in [-0.15, -0.1) is 21.5 Å². The standard InChI is InChI=1S/C34H32FN5O2S/c1-4-39(5-2)34-36-31-29-28(22-13-9-7-10-14-22)30(23-15-11-8-12-16-23)37-38-33(29)43-32(31)26(21-27(41)42-6-3)40(34)25-19-17-24(35)18-20-25/h7-20,26H,4-6,21H2,1-3H3. The molecule has 0 fully saturated rings. The van der Waals surface area contributed by atoms with E-state index in [1.54, 1.807) is 19.1 Å². The summed E-state index contributed by atoms with van der Waals surface area (Å²) in [5.41, 5.74) is 5.19. The second kappa shape index (κ2) is 12.3. The molecule has 43 heavy (non-hydrogen) atoms. The van der Waals surface area contributed by atoms with Crippen molar-refractivity contribution in [3.8, 4) is 22.4 Å². The summed E-state index contributed by atoms with van der Waals surface area (Å²) < 4.78 is 19.5. The van der Waals surface area contributed by atoms with E-state index < -0.39 is 6.04 Å². The molecule has 1 aliphatic heterocycles. The molecule has 6 rings (SSSR count). The molecule has 0 saturated carbocycles. The van der Waals surface area contributed by atoms with Gasteiger partial charge in [0.1, 0.15) is 16.3 Å². The van der Waals surface area contributed by atoms with E-state index in [1.165, 1.54) is 23.5 Å². The smallest absolute Gasteiger partial charge is 0.308 e. The van der Waals surface area contributed by atoms with Gasteiger partial charge in [-0.3, -0.25) is 4.79 Å². The molecule has 5 aromatic rings. The van der Waals surface area contributed by atoms with E-state index in [9.17, 15) is 9.18 Å². The van der Waals surface area contributed by atoms with Gasteiger partial charge < -0.3 is 14.5 Å². The zero-order chi connectivity index (χ0) is 29.9. The van der Waals surface area contributed by atoms with Crippen LogP contribution in [0.25, 0.3) is 32.6 Å². The number of benzene rings is 3. The van der Waals surface area contributed by atoms with Crippen LogP contribution in [0, 0.1) is 5.82 Å². The summed E-state index contributed by atoms with van der Waals surface area (Å²) in [4.78, 5) is 24.3. The monoisotopic (exact) mass is 593 g/mol. The van der Waals surface area contributed by atoms with Gasteiger partial charge >= 0.3 is 5.97 Å². The third-order valence-corrected chi connectivity index (χ3v) is 8.75. The Labute approximate surface area is 254 Å². The van der Waals surface area contributed by atoms with Gasteiger partial charge in [0.05, 0.1) is 29.6 Å². The lowest BCUT2D eigenvalue weighted by molar-refractivity contribution is -0.143. The first kappa shape index (κ1) is 28.5. The van der Waals surface area contributed by atoms with Crippen LogP contribution in [0.1, 0.15) is 38.1 Å². The van der Waals surface area contributed by atoms with Gasteiger partial charge in [0.25, 0.3) is 0 Å². The van der Waals surface area contributed by atoms with E-state index in [4.69, 9.17) is 19.9 Å². The second-order valence-electron chi connectivity index (χ2n) is 10.1. The molecule has 0 saturated heterocycles. The lowest BCUT2D eigenvalue weighted by atomic mass is 9.95. The molecule has 3 aromatic carbocycles. The number of rotatable bonds is 8. The second-order valence-corrected chi connectivity index (χ2v) is 11.1. The molecular formula is C34H32FN5O2S. The normalized spacial score (nSPS) is 14.4. The minimum absolute atomic E-state index is 0.0883. The van der Waals surface area contributed by atoms with Crippen molar-refractivity contribution >= 4 is 44.9 Å². The summed E-state index contributed by atoms with van der Waals surface area (Å²) >= 11 is 1.49. The highest BCUT2D eigenvalue weighted by Gasteiger charge is 2.39. The summed E-state index contributed by atoms with van der Waals surface area (Å²) in [7, 11) is 0. The van der Waals surface area contributed by atoms with E-state index in [2.05, 4.69) is 30.9 Å². The van der Waals surface area contributed by atoms with Gasteiger partial charge in [-0.1, -0.05) is 60.7 Å². The highest BCUT2D eigenvalue weighted by Crippen LogP contribution is 2.52. The lowest BCUT2D eigenvalue weighted by Gasteiger charge is -2.40. The quantitative estimate of drug-likeness (QED) is 0.170. The van der Waals surface area contributed by atoms with Gasteiger partial charge in [0.2, 0.25) is 5.96 Å². The number of carbonyl (C=O) groups excluding carboxylic acids is 1. The highest BCUT2D eigenvalue weighted by atomic mass is 32.1. The number of fused-ring (bicyclic) bond motifs is 3. The van der Waals surface area contributed by atoms with Crippen LogP contribution in [0.3, 0.4) is 0 Å². The average molecular weight is 594 g/mol. The molecule has 0 bridgehead atoms. The molecular weight excluding hydrogens is 561 g/mol. The van der Waals surface area contributed by atoms with Crippen molar-refractivity contribution in [2.24, 2.45) is 4.99 Å². The maximum absolute atomic E-state index is 14.1. The van der Waals surface area contributed by atoms with E-state index in [0.29, 0.717) is 19.0 Å². The van der Waals surface area contributed by atoms with Crippen LogP contribution in [-0.2, 0) is 9.53 Å². The van der Waals surface area contributed by atoms with Crippen LogP contribution < -0.4 is 4.90 Å². The van der Waals surface area contributed by atoms with Crippen molar-refractivity contribution < 1.29 is 13.9 Å². The largest absolute Gasteiger partial charge is 0.466 e. The van der Waals surface area contributed by atoms with Crippen LogP contribution in [0.5, 0.6) is 0 Å². The molecule has 9 heteroatoms. The number of anilines is 1. The maximum atomic E-state index is 14.1. The Morgan fingerprint density at radius 1 is 0.907 bits per heavy atom. The number of thiophene rings is 1. The zero-order valence-electron chi connectivity index (χ0n) is 24.3. The van der Waals surface area contributed by atoms with E-state index in [-0.39, 0.29) is 24.8 Å². The zero-order valence-corrected chi connectivity index (χ0v) is 25.1. The van der Waals surface area contributed by atoms with Crippen LogP contribution in [0.15, 0.2) is 89.9 Å². The highest BCUT2D eigenvalue weighted by molar-refractivity contribution is 7.19. The Balaban J connectivity index is 1.68. The van der Waals surface area contributed by atoms with Crippen molar-refractivity contribution in [3.05, 3.63) is 95.6 Å². The molecule has 2 aromatic heterocycles. The summed E-state index contributed by atoms with van der Waals surface area (Å²) in [5, 5.41) is 10.4. The number of aliphatic imine (C=N–C) groups is 1. The molecule has 0 radical (unpaired) electrons. The third-order valence-electron chi connectivity index (χ3n) is 7.59. The number of guanidine groups is 1. The summed E-state index contributed by atoms with van der Waals surface area (Å²) in [6.45, 7) is 7.61. The molecule has 0 spiro atoms. The first-order valence-corrected chi connectivity index (χ1v) is 15.3. The summed E-state index contributed by atoms with van der Waals surface area (Å²) in [5.74, 6) is 0.0427. The predicted molar refractivity (Wildman–Crippen MR) is 171 cm³/mol. The number of esters is 1. The number of halogens is 1. The van der Waals surface area contributed by atoms with Crippen LogP contribution >= 0.6 is 11.3 Å². The number of nitrogens with zero attached hydrogens (tertiary/aromatic N) is 5. The Bertz CT molecular complexity index is 1770. The molecule has 0 N–H and O–H groups in total. The van der Waals surface area contributed by atoms with Crippen LogP contribution in [0.2, 0.25) is 0 Å². The van der Waals surface area contributed by atoms with Crippen LogP contribution in [-0.4, -0.2) is 46.7 Å². The van der Waals surface area contributed by atoms with Crippen molar-refractivity contribution in [2.45, 2.75) is 33.2 Å². The molecule has 218 valence electrons. The molecule has 0 aliphatic carbocycles. The van der Waals surface area contributed by atoms with Gasteiger partial charge in [0.15, 0.2) is 0 Å². The average Bonchev–Trinajstić information content (AvgIpc) is 3.41. The fourth-order valence-corrected chi connectivity index (χ4v) is 6.77. The first-order valence-electron chi connectivity index (χ1n) is 14.5. The number of hydrogen-bond donors (Lipinski definition) is 0. The van der Waals surface area contributed by atoms with Gasteiger partial charge in [-0.05, 0) is 50.6 Å². The van der Waals surface area contributed by atoms with Gasteiger partial charge in [-0.25, -0.2) is 9.38 Å². The Kier molecular flexibility index (Phi) is 8.16. The topological polar surface area (TPSA) is 70.9 Å². The molecule has 1 atom stereocenters. The summed E-state index contributed by atoms with van der Waals surface area (Å²) in [6, 6.07) is 26.1. The van der Waals surface area contributed by atoms with Crippen molar-refractivity contribution in [1.82, 2.24) is 15.1 Å². The van der Waals surface area contributed by atoms with Gasteiger partial charge in [-0.2, -0.15) is 0 Å². The number of carbonyl (C=O) groups is 1.